The van der Waals surface area contributed by atoms with Gasteiger partial charge in [0.1, 0.15) is 0 Å². The van der Waals surface area contributed by atoms with Gasteiger partial charge >= 0.3 is 0 Å². The summed E-state index contributed by atoms with van der Waals surface area (Å²) in [6.45, 7) is 2.03. The molecule has 6 heteroatoms. The zero-order valence-corrected chi connectivity index (χ0v) is 14.0. The van der Waals surface area contributed by atoms with E-state index in [4.69, 9.17) is 11.6 Å². The van der Waals surface area contributed by atoms with Crippen LogP contribution in [0, 0.1) is 6.92 Å². The molecule has 3 aromatic rings. The lowest BCUT2D eigenvalue weighted by Gasteiger charge is -1.99. The van der Waals surface area contributed by atoms with E-state index < -0.39 is 0 Å². The Morgan fingerprint density at radius 3 is 2.87 bits per heavy atom. The van der Waals surface area contributed by atoms with Gasteiger partial charge in [0, 0.05) is 10.4 Å². The molecule has 0 radical (unpaired) electrons. The molecule has 1 N–H and O–H groups in total. The number of carbonyl (C=O) groups excluding carboxylic acids is 1. The highest BCUT2D eigenvalue weighted by Crippen LogP contribution is 2.24. The van der Waals surface area contributed by atoms with Crippen molar-refractivity contribution in [2.24, 2.45) is 5.10 Å². The maximum absolute atomic E-state index is 12.0. The molecule has 3 rings (SSSR count). The van der Waals surface area contributed by atoms with Gasteiger partial charge in [-0.3, -0.25) is 4.79 Å². The molecule has 1 heterocycles. The Kier molecular flexibility index (Phi) is 4.69. The number of halogens is 1. The van der Waals surface area contributed by atoms with Crippen LogP contribution >= 0.6 is 23.1 Å². The molecule has 116 valence electrons. The third-order valence-electron chi connectivity index (χ3n) is 3.30. The average molecular weight is 344 g/mol. The smallest absolute Gasteiger partial charge is 0.246 e. The second-order valence-corrected chi connectivity index (χ2v) is 6.39. The molecule has 0 fully saturated rings. The number of benzene rings is 2. The first-order chi connectivity index (χ1) is 11.1. The van der Waals surface area contributed by atoms with Crippen molar-refractivity contribution in [2.45, 2.75) is 13.3 Å². The van der Waals surface area contributed by atoms with Crippen LogP contribution < -0.4 is 5.43 Å². The van der Waals surface area contributed by atoms with Gasteiger partial charge in [-0.05, 0) is 48.3 Å². The average Bonchev–Trinajstić information content (AvgIpc) is 2.91. The zero-order chi connectivity index (χ0) is 16.2. The normalized spacial score (nSPS) is 11.2. The number of hydrogen-bond donors (Lipinski definition) is 1. The van der Waals surface area contributed by atoms with Gasteiger partial charge < -0.3 is 0 Å². The van der Waals surface area contributed by atoms with Crippen LogP contribution in [0.15, 0.2) is 47.6 Å². The molecule has 4 nitrogen and oxygen atoms in total. The summed E-state index contributed by atoms with van der Waals surface area (Å²) in [7, 11) is 0. The molecule has 0 aliphatic carbocycles. The second-order valence-electron chi connectivity index (χ2n) is 5.15. The van der Waals surface area contributed by atoms with Crippen molar-refractivity contribution >= 4 is 45.3 Å². The van der Waals surface area contributed by atoms with Crippen molar-refractivity contribution in [3.63, 3.8) is 0 Å². The summed E-state index contributed by atoms with van der Waals surface area (Å²) in [5.41, 5.74) is 5.33. The molecule has 0 saturated heterocycles. The molecule has 0 spiro atoms. The molecule has 0 unspecified atom stereocenters. The SMILES string of the molecule is Cc1ccc2snc(CC(=O)N/N=C/c3ccc(Cl)cc3)c2c1. The van der Waals surface area contributed by atoms with Crippen molar-refractivity contribution in [3.05, 3.63) is 64.3 Å². The lowest BCUT2D eigenvalue weighted by molar-refractivity contribution is -0.120. The Morgan fingerprint density at radius 2 is 2.09 bits per heavy atom. The summed E-state index contributed by atoms with van der Waals surface area (Å²) in [4.78, 5) is 12.0. The number of carbonyl (C=O) groups is 1. The van der Waals surface area contributed by atoms with Crippen molar-refractivity contribution in [1.82, 2.24) is 9.80 Å². The van der Waals surface area contributed by atoms with Crippen molar-refractivity contribution in [3.8, 4) is 0 Å². The highest BCUT2D eigenvalue weighted by Gasteiger charge is 2.10. The zero-order valence-electron chi connectivity index (χ0n) is 12.4. The van der Waals surface area contributed by atoms with E-state index in [1.807, 2.05) is 31.2 Å². The number of aryl methyl sites for hydroxylation is 1. The Balaban J connectivity index is 1.64. The fraction of sp³-hybridized carbons (Fsp3) is 0.118. The van der Waals surface area contributed by atoms with E-state index in [-0.39, 0.29) is 12.3 Å². The van der Waals surface area contributed by atoms with Gasteiger partial charge in [0.15, 0.2) is 0 Å². The number of rotatable bonds is 4. The first kappa shape index (κ1) is 15.6. The molecular formula is C17H14ClN3OS. The van der Waals surface area contributed by atoms with E-state index in [2.05, 4.69) is 21.0 Å². The van der Waals surface area contributed by atoms with Crippen molar-refractivity contribution in [2.75, 3.05) is 0 Å². The molecule has 0 aliphatic heterocycles. The van der Waals surface area contributed by atoms with Gasteiger partial charge in [0.2, 0.25) is 5.91 Å². The van der Waals surface area contributed by atoms with Gasteiger partial charge in [0.25, 0.3) is 0 Å². The highest BCUT2D eigenvalue weighted by molar-refractivity contribution is 7.13. The summed E-state index contributed by atoms with van der Waals surface area (Å²) in [6, 6.07) is 13.3. The second kappa shape index (κ2) is 6.89. The Hall–Kier alpha value is -2.24. The number of fused-ring (bicyclic) bond motifs is 1. The van der Waals surface area contributed by atoms with E-state index in [1.54, 1.807) is 18.3 Å². The molecule has 1 aromatic heterocycles. The molecule has 0 saturated carbocycles. The Bertz CT molecular complexity index is 871. The summed E-state index contributed by atoms with van der Waals surface area (Å²) < 4.78 is 5.45. The monoisotopic (exact) mass is 343 g/mol. The third-order valence-corrected chi connectivity index (χ3v) is 4.42. The van der Waals surface area contributed by atoms with Crippen LogP contribution in [0.1, 0.15) is 16.8 Å². The molecule has 0 atom stereocenters. The van der Waals surface area contributed by atoms with Gasteiger partial charge in [-0.1, -0.05) is 35.4 Å². The lowest BCUT2D eigenvalue weighted by Crippen LogP contribution is -2.20. The first-order valence-electron chi connectivity index (χ1n) is 7.04. The lowest BCUT2D eigenvalue weighted by atomic mass is 10.1. The topological polar surface area (TPSA) is 54.4 Å². The summed E-state index contributed by atoms with van der Waals surface area (Å²) in [6.07, 6.45) is 1.79. The van der Waals surface area contributed by atoms with Crippen LogP contribution in [0.25, 0.3) is 10.1 Å². The number of nitrogens with one attached hydrogen (secondary N) is 1. The predicted molar refractivity (Wildman–Crippen MR) is 95.2 cm³/mol. The van der Waals surface area contributed by atoms with E-state index in [1.165, 1.54) is 11.5 Å². The summed E-state index contributed by atoms with van der Waals surface area (Å²) in [5.74, 6) is -0.191. The van der Waals surface area contributed by atoms with Gasteiger partial charge in [-0.25, -0.2) is 5.43 Å². The third kappa shape index (κ3) is 3.94. The maximum atomic E-state index is 12.0. The molecule has 0 bridgehead atoms. The van der Waals surface area contributed by atoms with Crippen LogP contribution in [0.4, 0.5) is 0 Å². The van der Waals surface area contributed by atoms with Crippen molar-refractivity contribution in [1.29, 1.82) is 0 Å². The minimum absolute atomic E-state index is 0.191. The van der Waals surface area contributed by atoms with Gasteiger partial charge in [-0.15, -0.1) is 0 Å². The van der Waals surface area contributed by atoms with E-state index in [0.717, 1.165) is 26.9 Å². The summed E-state index contributed by atoms with van der Waals surface area (Å²) >= 11 is 7.22. The minimum atomic E-state index is -0.191. The molecule has 2 aromatic carbocycles. The number of amides is 1. The molecule has 23 heavy (non-hydrogen) atoms. The molecular weight excluding hydrogens is 330 g/mol. The minimum Gasteiger partial charge on any atom is -0.273 e. The van der Waals surface area contributed by atoms with Crippen molar-refractivity contribution < 1.29 is 4.79 Å². The first-order valence-corrected chi connectivity index (χ1v) is 8.19. The Morgan fingerprint density at radius 1 is 1.30 bits per heavy atom. The number of hydrazone groups is 1. The van der Waals surface area contributed by atoms with Crippen LogP contribution in [-0.2, 0) is 11.2 Å². The van der Waals surface area contributed by atoms with E-state index in [9.17, 15) is 4.79 Å². The van der Waals surface area contributed by atoms with Crippen LogP contribution in [0.3, 0.4) is 0 Å². The summed E-state index contributed by atoms with van der Waals surface area (Å²) in [5, 5.41) is 5.66. The quantitative estimate of drug-likeness (QED) is 0.576. The fourth-order valence-corrected chi connectivity index (χ4v) is 3.05. The molecule has 0 aliphatic rings. The largest absolute Gasteiger partial charge is 0.273 e. The number of nitrogens with zero attached hydrogens (tertiary/aromatic N) is 2. The molecule has 1 amide bonds. The van der Waals surface area contributed by atoms with Gasteiger partial charge in [-0.2, -0.15) is 9.47 Å². The van der Waals surface area contributed by atoms with Crippen LogP contribution in [0.5, 0.6) is 0 Å². The fourth-order valence-electron chi connectivity index (χ4n) is 2.15. The maximum Gasteiger partial charge on any atom is 0.246 e. The van der Waals surface area contributed by atoms with Gasteiger partial charge in [0.05, 0.1) is 23.0 Å². The number of aromatic nitrogens is 1. The van der Waals surface area contributed by atoms with E-state index >= 15 is 0 Å². The predicted octanol–water partition coefficient (Wildman–Crippen LogP) is 3.95. The highest BCUT2D eigenvalue weighted by atomic mass is 35.5. The van der Waals surface area contributed by atoms with E-state index in [0.29, 0.717) is 5.02 Å². The standard InChI is InChI=1S/C17H14ClN3OS/c1-11-2-7-16-14(8-11)15(21-23-16)9-17(22)20-19-10-12-3-5-13(18)6-4-12/h2-8,10H,9H2,1H3,(H,20,22)/b19-10+. The Labute approximate surface area is 143 Å². The number of hydrogen-bond acceptors (Lipinski definition) is 4. The van der Waals surface area contributed by atoms with Crippen LogP contribution in [0.2, 0.25) is 5.02 Å². The van der Waals surface area contributed by atoms with Crippen LogP contribution in [-0.4, -0.2) is 16.5 Å².